The van der Waals surface area contributed by atoms with Gasteiger partial charge in [-0.25, -0.2) is 4.79 Å². The minimum absolute atomic E-state index is 0. The van der Waals surface area contributed by atoms with Crippen molar-refractivity contribution in [3.05, 3.63) is 40.2 Å². The number of nitrogens with zero attached hydrogens (tertiary/aromatic N) is 2. The van der Waals surface area contributed by atoms with Crippen molar-refractivity contribution in [2.45, 2.75) is 24.9 Å². The van der Waals surface area contributed by atoms with Crippen LogP contribution >= 0.6 is 0 Å². The molecule has 0 saturated heterocycles. The van der Waals surface area contributed by atoms with Gasteiger partial charge in [-0.1, -0.05) is 0 Å². The van der Waals surface area contributed by atoms with Gasteiger partial charge in [0.2, 0.25) is 5.95 Å². The first-order chi connectivity index (χ1) is 15.7. The summed E-state index contributed by atoms with van der Waals surface area (Å²) in [7, 11) is 1.79. The average Bonchev–Trinajstić information content (AvgIpc) is 2.75. The molecule has 184 valence electrons. The number of anilines is 4. The number of aromatic nitrogens is 2. The number of aliphatic carboxylic acids is 2. The van der Waals surface area contributed by atoms with Crippen molar-refractivity contribution in [3.8, 4) is 0 Å². The van der Waals surface area contributed by atoms with Crippen LogP contribution in [0.15, 0.2) is 29.1 Å². The molecule has 1 unspecified atom stereocenters. The van der Waals surface area contributed by atoms with E-state index in [1.54, 1.807) is 19.2 Å². The van der Waals surface area contributed by atoms with Gasteiger partial charge in [0.1, 0.15) is 11.7 Å². The third-order valence-electron chi connectivity index (χ3n) is 5.26. The van der Waals surface area contributed by atoms with E-state index in [1.165, 1.54) is 12.1 Å². The van der Waals surface area contributed by atoms with Gasteiger partial charge in [0.25, 0.3) is 11.5 Å². The first kappa shape index (κ1) is 25.9. The second-order valence-corrected chi connectivity index (χ2v) is 7.55. The summed E-state index contributed by atoms with van der Waals surface area (Å²) in [5.74, 6) is -2.59. The van der Waals surface area contributed by atoms with Gasteiger partial charge in [-0.15, -0.1) is 0 Å². The number of amides is 1. The van der Waals surface area contributed by atoms with Gasteiger partial charge in [-0.2, -0.15) is 4.98 Å². The van der Waals surface area contributed by atoms with Crippen LogP contribution in [0.1, 0.15) is 23.2 Å². The van der Waals surface area contributed by atoms with Crippen molar-refractivity contribution in [1.29, 1.82) is 0 Å². The molecule has 2 heterocycles. The van der Waals surface area contributed by atoms with Crippen molar-refractivity contribution in [2.24, 2.45) is 0 Å². The zero-order valence-electron chi connectivity index (χ0n) is 18.3. The molecule has 0 fully saturated rings. The number of rotatable bonds is 9. The Morgan fingerprint density at radius 2 is 1.94 bits per heavy atom. The number of nitrogens with two attached hydrogens (primary N) is 1. The first-order valence-electron chi connectivity index (χ1n) is 10.1. The molecule has 0 aliphatic carbocycles. The maximum absolute atomic E-state index is 12.3. The quantitative estimate of drug-likeness (QED) is 0.229. The fourth-order valence-electron chi connectivity index (χ4n) is 3.42. The smallest absolute Gasteiger partial charge is 0.326 e. The van der Waals surface area contributed by atoms with E-state index in [4.69, 9.17) is 10.8 Å². The van der Waals surface area contributed by atoms with Crippen LogP contribution in [0.2, 0.25) is 0 Å². The van der Waals surface area contributed by atoms with Gasteiger partial charge in [0, 0.05) is 37.8 Å². The van der Waals surface area contributed by atoms with Crippen LogP contribution in [0.4, 0.5) is 23.1 Å². The number of H-pyrrole nitrogens is 1. The van der Waals surface area contributed by atoms with Crippen molar-refractivity contribution in [3.63, 3.8) is 0 Å². The molecule has 2 atom stereocenters. The summed E-state index contributed by atoms with van der Waals surface area (Å²) in [6.45, 7) is 1.01. The first-order valence-corrected chi connectivity index (χ1v) is 10.1. The molecule has 1 aliphatic rings. The van der Waals surface area contributed by atoms with E-state index in [0.717, 1.165) is 5.69 Å². The van der Waals surface area contributed by atoms with Crippen molar-refractivity contribution < 1.29 is 30.1 Å². The zero-order valence-corrected chi connectivity index (χ0v) is 18.3. The number of carbonyl (C=O) groups excluding carboxylic acids is 1. The van der Waals surface area contributed by atoms with E-state index < -0.39 is 23.9 Å². The minimum Gasteiger partial charge on any atom is -0.481 e. The van der Waals surface area contributed by atoms with Crippen LogP contribution in [0.3, 0.4) is 0 Å². The van der Waals surface area contributed by atoms with E-state index in [2.05, 4.69) is 25.9 Å². The number of hydrogen-bond acceptors (Lipinski definition) is 9. The van der Waals surface area contributed by atoms with Crippen molar-refractivity contribution in [1.82, 2.24) is 15.3 Å². The van der Waals surface area contributed by atoms with Gasteiger partial charge < -0.3 is 42.3 Å². The van der Waals surface area contributed by atoms with Crippen molar-refractivity contribution in [2.75, 3.05) is 41.4 Å². The molecule has 1 aliphatic heterocycles. The summed E-state index contributed by atoms with van der Waals surface area (Å²) in [5.41, 5.74) is 6.59. The number of nitrogens with one attached hydrogen (secondary N) is 4. The summed E-state index contributed by atoms with van der Waals surface area (Å²) in [6, 6.07) is 5.03. The van der Waals surface area contributed by atoms with Gasteiger partial charge in [-0.3, -0.25) is 19.4 Å². The third-order valence-corrected chi connectivity index (χ3v) is 5.26. The highest BCUT2D eigenvalue weighted by atomic mass is 16.4. The fraction of sp³-hybridized carbons (Fsp3) is 0.350. The Morgan fingerprint density at radius 3 is 2.56 bits per heavy atom. The Morgan fingerprint density at radius 1 is 1.26 bits per heavy atom. The molecular formula is C20H27N7O7. The summed E-state index contributed by atoms with van der Waals surface area (Å²) < 4.78 is 0. The molecule has 1 amide bonds. The lowest BCUT2D eigenvalue weighted by Gasteiger charge is -2.35. The topological polar surface area (TPSA) is 234 Å². The van der Waals surface area contributed by atoms with Gasteiger partial charge in [0.15, 0.2) is 5.82 Å². The van der Waals surface area contributed by atoms with Crippen LogP contribution in [0.25, 0.3) is 0 Å². The second-order valence-electron chi connectivity index (χ2n) is 7.55. The highest BCUT2D eigenvalue weighted by Crippen LogP contribution is 2.25. The Balaban J connectivity index is 0.00000408. The maximum Gasteiger partial charge on any atom is 0.326 e. The number of likely N-dealkylation sites (N-methyl/N-ethyl adjacent to an activating group) is 1. The highest BCUT2D eigenvalue weighted by Gasteiger charge is 2.27. The number of hydrogen-bond donors (Lipinski definition) is 7. The number of fused-ring (bicyclic) bond motifs is 1. The van der Waals surface area contributed by atoms with Crippen LogP contribution in [-0.4, -0.2) is 75.7 Å². The molecule has 0 saturated carbocycles. The standard InChI is InChI=1S/C20H25N7O6.H2O/c1-27-12(9-23-16-15(27)18(31)26-20(21)25-16)8-22-11-4-2-10(3-5-11)17(30)24-13(19(32)33)6-7-14(28)29;/h2-5,12-13,22H,6-9H2,1H3,(H,24,30)(H,28,29)(H,32,33)(H4,21,23,25,26,31);1H2/t12-,13?;/m0./s1. The van der Waals surface area contributed by atoms with E-state index in [-0.39, 0.29) is 41.4 Å². The number of aromatic amines is 1. The summed E-state index contributed by atoms with van der Waals surface area (Å²) in [4.78, 5) is 54.9. The number of nitrogen functional groups attached to an aromatic ring is 1. The maximum atomic E-state index is 12.3. The number of carboxylic acid groups (broad SMARTS) is 2. The lowest BCUT2D eigenvalue weighted by molar-refractivity contribution is -0.140. The second kappa shape index (κ2) is 11.0. The molecule has 14 nitrogen and oxygen atoms in total. The summed E-state index contributed by atoms with van der Waals surface area (Å²) in [6.07, 6.45) is -0.586. The molecule has 1 aromatic heterocycles. The van der Waals surface area contributed by atoms with Crippen LogP contribution in [0.5, 0.6) is 0 Å². The third kappa shape index (κ3) is 6.13. The molecule has 2 aromatic rings. The Labute approximate surface area is 193 Å². The van der Waals surface area contributed by atoms with Crippen LogP contribution < -0.4 is 32.1 Å². The molecule has 3 rings (SSSR count). The minimum atomic E-state index is -1.30. The largest absolute Gasteiger partial charge is 0.481 e. The lowest BCUT2D eigenvalue weighted by Crippen LogP contribution is -2.48. The molecule has 0 spiro atoms. The Bertz CT molecular complexity index is 1100. The SMILES string of the molecule is CN1c2c(nc(N)[nH]c2=O)NC[C@@H]1CNc1ccc(C(=O)NC(CCC(=O)O)C(=O)O)cc1.O. The molecule has 10 N–H and O–H groups in total. The molecule has 1 aromatic carbocycles. The van der Waals surface area contributed by atoms with Gasteiger partial charge in [-0.05, 0) is 30.7 Å². The molecular weight excluding hydrogens is 450 g/mol. The van der Waals surface area contributed by atoms with E-state index >= 15 is 0 Å². The molecule has 0 bridgehead atoms. The van der Waals surface area contributed by atoms with Crippen LogP contribution in [-0.2, 0) is 9.59 Å². The molecule has 34 heavy (non-hydrogen) atoms. The Kier molecular flexibility index (Phi) is 8.39. The average molecular weight is 477 g/mol. The highest BCUT2D eigenvalue weighted by molar-refractivity contribution is 5.96. The summed E-state index contributed by atoms with van der Waals surface area (Å²) in [5, 5.41) is 26.6. The molecule has 0 radical (unpaired) electrons. The number of carbonyl (C=O) groups is 3. The molecule has 14 heteroatoms. The monoisotopic (exact) mass is 477 g/mol. The predicted molar refractivity (Wildman–Crippen MR) is 124 cm³/mol. The Hall–Kier alpha value is -4.33. The van der Waals surface area contributed by atoms with E-state index in [9.17, 15) is 24.3 Å². The van der Waals surface area contributed by atoms with Gasteiger partial charge in [0.05, 0.1) is 6.04 Å². The van der Waals surface area contributed by atoms with Crippen molar-refractivity contribution >= 4 is 41.0 Å². The number of benzene rings is 1. The zero-order chi connectivity index (χ0) is 24.1. The lowest BCUT2D eigenvalue weighted by atomic mass is 10.1. The van der Waals surface area contributed by atoms with E-state index in [0.29, 0.717) is 24.6 Å². The fourth-order valence-corrected chi connectivity index (χ4v) is 3.42. The predicted octanol–water partition coefficient (Wildman–Crippen LogP) is -1.08. The summed E-state index contributed by atoms with van der Waals surface area (Å²) >= 11 is 0. The van der Waals surface area contributed by atoms with Gasteiger partial charge >= 0.3 is 11.9 Å². The van der Waals surface area contributed by atoms with E-state index in [1.807, 2.05) is 4.90 Å². The normalized spacial score (nSPS) is 15.2. The number of carboxylic acids is 2. The van der Waals surface area contributed by atoms with Crippen LogP contribution in [0, 0.1) is 0 Å².